The Morgan fingerprint density at radius 3 is 2.45 bits per heavy atom. The molecule has 22 heavy (non-hydrogen) atoms. The Morgan fingerprint density at radius 1 is 1.32 bits per heavy atom. The lowest BCUT2D eigenvalue weighted by Crippen LogP contribution is -2.53. The molecule has 0 amide bonds. The highest BCUT2D eigenvalue weighted by Gasteiger charge is 2.46. The van der Waals surface area contributed by atoms with Crippen molar-refractivity contribution in [1.29, 1.82) is 0 Å². The third-order valence-corrected chi connectivity index (χ3v) is 5.68. The Kier molecular flexibility index (Phi) is 4.03. The molecule has 1 aliphatic carbocycles. The summed E-state index contributed by atoms with van der Waals surface area (Å²) in [6.45, 7) is 1.97. The van der Waals surface area contributed by atoms with Crippen molar-refractivity contribution in [2.45, 2.75) is 31.7 Å². The number of hydrogen-bond donors (Lipinski definition) is 0. The molecule has 1 aromatic rings. The zero-order chi connectivity index (χ0) is 15.9. The van der Waals surface area contributed by atoms with Gasteiger partial charge in [-0.25, -0.2) is 0 Å². The Morgan fingerprint density at radius 2 is 1.95 bits per heavy atom. The summed E-state index contributed by atoms with van der Waals surface area (Å²) in [6, 6.07) is 5.50. The van der Waals surface area contributed by atoms with Crippen LogP contribution in [0.4, 0.5) is 11.4 Å². The molecule has 2 fully saturated rings. The van der Waals surface area contributed by atoms with Crippen LogP contribution in [-0.4, -0.2) is 43.0 Å². The minimum Gasteiger partial charge on any atom is -0.370 e. The van der Waals surface area contributed by atoms with Crippen molar-refractivity contribution in [3.63, 3.8) is 0 Å². The van der Waals surface area contributed by atoms with Crippen LogP contribution < -0.4 is 4.90 Å². The van der Waals surface area contributed by atoms with Crippen molar-refractivity contribution >= 4 is 23.0 Å². The largest absolute Gasteiger partial charge is 0.370 e. The second kappa shape index (κ2) is 5.70. The van der Waals surface area contributed by atoms with Gasteiger partial charge in [0.05, 0.1) is 15.6 Å². The minimum absolute atomic E-state index is 0.0510. The maximum Gasteiger partial charge on any atom is 0.271 e. The van der Waals surface area contributed by atoms with Crippen LogP contribution in [0.15, 0.2) is 18.2 Å². The van der Waals surface area contributed by atoms with E-state index in [0.29, 0.717) is 10.4 Å². The highest BCUT2D eigenvalue weighted by Crippen LogP contribution is 2.51. The summed E-state index contributed by atoms with van der Waals surface area (Å²) in [5.74, 6) is 0. The summed E-state index contributed by atoms with van der Waals surface area (Å²) in [5.41, 5.74) is 1.49. The number of rotatable bonds is 3. The number of non-ortho nitro benzene ring substituents is 1. The van der Waals surface area contributed by atoms with Crippen LogP contribution in [0.25, 0.3) is 0 Å². The van der Waals surface area contributed by atoms with Crippen LogP contribution in [-0.2, 0) is 0 Å². The zero-order valence-electron chi connectivity index (χ0n) is 13.1. The number of halogens is 1. The summed E-state index contributed by atoms with van der Waals surface area (Å²) < 4.78 is 0. The van der Waals surface area contributed by atoms with Crippen molar-refractivity contribution in [3.05, 3.63) is 33.3 Å². The van der Waals surface area contributed by atoms with E-state index in [9.17, 15) is 10.1 Å². The van der Waals surface area contributed by atoms with Crippen LogP contribution in [0.1, 0.15) is 25.7 Å². The molecule has 0 aromatic heterocycles. The van der Waals surface area contributed by atoms with Gasteiger partial charge in [-0.3, -0.25) is 10.1 Å². The molecular weight excluding hydrogens is 302 g/mol. The van der Waals surface area contributed by atoms with Crippen molar-refractivity contribution < 1.29 is 4.92 Å². The lowest BCUT2D eigenvalue weighted by atomic mass is 9.60. The molecule has 2 aliphatic rings. The van der Waals surface area contributed by atoms with E-state index in [-0.39, 0.29) is 5.69 Å². The van der Waals surface area contributed by atoms with Crippen LogP contribution in [0.3, 0.4) is 0 Å². The second-order valence-corrected chi connectivity index (χ2v) is 7.31. The van der Waals surface area contributed by atoms with Crippen molar-refractivity contribution in [1.82, 2.24) is 4.90 Å². The predicted octanol–water partition coefficient (Wildman–Crippen LogP) is 3.56. The number of nitro benzene ring substituents is 1. The number of nitro groups is 1. The van der Waals surface area contributed by atoms with Crippen LogP contribution in [0.2, 0.25) is 5.02 Å². The molecule has 0 radical (unpaired) electrons. The van der Waals surface area contributed by atoms with Gasteiger partial charge in [-0.2, -0.15) is 0 Å². The van der Waals surface area contributed by atoms with E-state index in [1.807, 2.05) is 0 Å². The van der Waals surface area contributed by atoms with E-state index in [1.165, 1.54) is 37.8 Å². The molecule has 0 unspecified atom stereocenters. The van der Waals surface area contributed by atoms with Crippen LogP contribution >= 0.6 is 11.6 Å². The predicted molar refractivity (Wildman–Crippen MR) is 88.7 cm³/mol. The molecule has 1 heterocycles. The van der Waals surface area contributed by atoms with Crippen LogP contribution in [0.5, 0.6) is 0 Å². The van der Waals surface area contributed by atoms with Gasteiger partial charge in [-0.05, 0) is 51.3 Å². The first-order valence-electron chi connectivity index (χ1n) is 7.76. The van der Waals surface area contributed by atoms with Gasteiger partial charge in [-0.1, -0.05) is 11.6 Å². The molecule has 3 rings (SSSR count). The Balaban J connectivity index is 1.64. The van der Waals surface area contributed by atoms with Gasteiger partial charge in [0.2, 0.25) is 0 Å². The summed E-state index contributed by atoms with van der Waals surface area (Å²) in [4.78, 5) is 15.0. The van der Waals surface area contributed by atoms with E-state index in [4.69, 9.17) is 11.6 Å². The van der Waals surface area contributed by atoms with Gasteiger partial charge in [0, 0.05) is 31.3 Å². The van der Waals surface area contributed by atoms with E-state index in [0.717, 1.165) is 24.8 Å². The first-order valence-corrected chi connectivity index (χ1v) is 8.13. The first-order chi connectivity index (χ1) is 10.4. The second-order valence-electron chi connectivity index (χ2n) is 6.91. The Bertz CT molecular complexity index is 575. The van der Waals surface area contributed by atoms with Gasteiger partial charge in [0.1, 0.15) is 0 Å². The van der Waals surface area contributed by atoms with Crippen molar-refractivity contribution in [3.8, 4) is 0 Å². The van der Waals surface area contributed by atoms with Gasteiger partial charge in [0.25, 0.3) is 5.69 Å². The smallest absolute Gasteiger partial charge is 0.271 e. The monoisotopic (exact) mass is 323 g/mol. The maximum atomic E-state index is 10.8. The highest BCUT2D eigenvalue weighted by atomic mass is 35.5. The summed E-state index contributed by atoms with van der Waals surface area (Å²) in [6.07, 6.45) is 4.96. The molecule has 120 valence electrons. The molecule has 0 atom stereocenters. The van der Waals surface area contributed by atoms with Gasteiger partial charge < -0.3 is 9.80 Å². The molecule has 6 heteroatoms. The van der Waals surface area contributed by atoms with Crippen LogP contribution in [0, 0.1) is 15.5 Å². The number of hydrogen-bond acceptors (Lipinski definition) is 4. The molecule has 1 aliphatic heterocycles. The highest BCUT2D eigenvalue weighted by molar-refractivity contribution is 6.33. The fourth-order valence-electron chi connectivity index (χ4n) is 3.80. The molecule has 1 aromatic carbocycles. The van der Waals surface area contributed by atoms with Gasteiger partial charge in [0.15, 0.2) is 0 Å². The molecule has 1 spiro atoms. The maximum absolute atomic E-state index is 10.8. The number of nitrogens with zero attached hydrogens (tertiary/aromatic N) is 3. The quantitative estimate of drug-likeness (QED) is 0.630. The molecule has 1 saturated heterocycles. The van der Waals surface area contributed by atoms with Gasteiger partial charge >= 0.3 is 0 Å². The Labute approximate surface area is 136 Å². The van der Waals surface area contributed by atoms with E-state index < -0.39 is 4.92 Å². The average Bonchev–Trinajstić information content (AvgIpc) is 2.44. The van der Waals surface area contributed by atoms with E-state index in [2.05, 4.69) is 23.9 Å². The lowest BCUT2D eigenvalue weighted by molar-refractivity contribution is -0.384. The molecular formula is C16H22ClN3O2. The number of piperidine rings is 1. The topological polar surface area (TPSA) is 49.6 Å². The minimum atomic E-state index is -0.406. The first kappa shape index (κ1) is 15.6. The lowest BCUT2D eigenvalue weighted by Gasteiger charge is -2.54. The molecule has 0 bridgehead atoms. The summed E-state index contributed by atoms with van der Waals surface area (Å²) in [5, 5.41) is 11.3. The average molecular weight is 324 g/mol. The third kappa shape index (κ3) is 2.79. The SMILES string of the molecule is CN(C)C1CC2(CCN(c3ccc([N+](=O)[O-])cc3Cl)CC2)C1. The fraction of sp³-hybridized carbons (Fsp3) is 0.625. The van der Waals surface area contributed by atoms with Gasteiger partial charge in [-0.15, -0.1) is 0 Å². The zero-order valence-corrected chi connectivity index (χ0v) is 13.8. The van der Waals surface area contributed by atoms with E-state index in [1.54, 1.807) is 6.07 Å². The summed E-state index contributed by atoms with van der Waals surface area (Å²) in [7, 11) is 4.31. The number of anilines is 1. The fourth-order valence-corrected chi connectivity index (χ4v) is 4.10. The summed E-state index contributed by atoms with van der Waals surface area (Å²) >= 11 is 6.24. The standard InChI is InChI=1S/C16H22ClN3O2/c1-18(2)13-10-16(11-13)5-7-19(8-6-16)15-4-3-12(20(21)22)9-14(15)17/h3-4,9,13H,5-8,10-11H2,1-2H3. The normalized spacial score (nSPS) is 21.2. The van der Waals surface area contributed by atoms with Crippen molar-refractivity contribution in [2.24, 2.45) is 5.41 Å². The van der Waals surface area contributed by atoms with E-state index >= 15 is 0 Å². The molecule has 1 saturated carbocycles. The third-order valence-electron chi connectivity index (χ3n) is 5.37. The molecule has 0 N–H and O–H groups in total. The molecule has 5 nitrogen and oxygen atoms in total. The Hall–Kier alpha value is -1.33. The number of benzene rings is 1. The van der Waals surface area contributed by atoms with Crippen molar-refractivity contribution in [2.75, 3.05) is 32.1 Å².